The second kappa shape index (κ2) is 5.69. The fourth-order valence-corrected chi connectivity index (χ4v) is 2.65. The summed E-state index contributed by atoms with van der Waals surface area (Å²) in [5.41, 5.74) is 2.60. The number of aliphatic hydroxyl groups excluding tert-OH is 1. The van der Waals surface area contributed by atoms with E-state index in [9.17, 15) is 9.90 Å². The molecule has 1 aliphatic carbocycles. The van der Waals surface area contributed by atoms with Crippen molar-refractivity contribution in [3.8, 4) is 11.1 Å². The second-order valence-corrected chi connectivity index (χ2v) is 5.06. The van der Waals surface area contributed by atoms with Crippen LogP contribution >= 0.6 is 22.9 Å². The van der Waals surface area contributed by atoms with Gasteiger partial charge in [0.2, 0.25) is 0 Å². The first kappa shape index (κ1) is 13.3. The van der Waals surface area contributed by atoms with Gasteiger partial charge < -0.3 is 9.84 Å². The van der Waals surface area contributed by atoms with E-state index in [1.165, 1.54) is 0 Å². The van der Waals surface area contributed by atoms with Gasteiger partial charge in [-0.15, -0.1) is 11.6 Å². The van der Waals surface area contributed by atoms with Crippen molar-refractivity contribution in [2.45, 2.75) is 18.4 Å². The molecule has 1 N–H and O–H groups in total. The number of esters is 1. The number of rotatable bonds is 4. The minimum absolute atomic E-state index is 0.248. The number of fused-ring (bicyclic) bond motifs is 1. The molecule has 1 aliphatic heterocycles. The van der Waals surface area contributed by atoms with Gasteiger partial charge in [-0.25, -0.2) is 0 Å². The molecule has 0 spiro atoms. The Hall–Kier alpha value is -1.10. The Bertz CT molecular complexity index is 511. The van der Waals surface area contributed by atoms with Gasteiger partial charge in [-0.2, -0.15) is 11.3 Å². The third-order valence-corrected chi connectivity index (χ3v) is 3.78. The maximum absolute atomic E-state index is 11.5. The zero-order chi connectivity index (χ0) is 13.1. The monoisotopic (exact) mass is 284 g/mol. The standard InChI is InChI=1S/C13H13ClO3S/c1-2-17-13(16)11(14)12(15)10-4-3-8-7-18-6-5-9(8)10/h3-7,11-12,15H,2H2,1H3. The molecule has 0 aromatic rings. The molecule has 5 heteroatoms. The number of carbonyl (C=O) groups excluding carboxylic acids is 1. The van der Waals surface area contributed by atoms with E-state index in [0.717, 1.165) is 11.1 Å². The van der Waals surface area contributed by atoms with Gasteiger partial charge in [0.05, 0.1) is 6.61 Å². The average Bonchev–Trinajstić information content (AvgIpc) is 2.81. The van der Waals surface area contributed by atoms with Crippen LogP contribution in [0.15, 0.2) is 29.0 Å². The van der Waals surface area contributed by atoms with Crippen molar-refractivity contribution in [2.24, 2.45) is 0 Å². The van der Waals surface area contributed by atoms with Crippen LogP contribution in [-0.4, -0.2) is 23.1 Å². The van der Waals surface area contributed by atoms with E-state index in [0.29, 0.717) is 5.56 Å². The van der Waals surface area contributed by atoms with Gasteiger partial charge in [0.25, 0.3) is 0 Å². The summed E-state index contributed by atoms with van der Waals surface area (Å²) in [4.78, 5) is 11.5. The molecular weight excluding hydrogens is 272 g/mol. The molecule has 2 atom stereocenters. The smallest absolute Gasteiger partial charge is 0.327 e. The Balaban J connectivity index is 2.23. The maximum Gasteiger partial charge on any atom is 0.327 e. The van der Waals surface area contributed by atoms with E-state index < -0.39 is 17.5 Å². The largest absolute Gasteiger partial charge is 0.465 e. The average molecular weight is 285 g/mol. The van der Waals surface area contributed by atoms with Gasteiger partial charge in [0.1, 0.15) is 6.10 Å². The molecule has 2 aliphatic rings. The van der Waals surface area contributed by atoms with Crippen LogP contribution in [0.1, 0.15) is 18.6 Å². The van der Waals surface area contributed by atoms with Gasteiger partial charge in [0, 0.05) is 0 Å². The van der Waals surface area contributed by atoms with E-state index in [-0.39, 0.29) is 6.61 Å². The van der Waals surface area contributed by atoms with E-state index in [4.69, 9.17) is 16.3 Å². The summed E-state index contributed by atoms with van der Waals surface area (Å²) < 4.78 is 4.81. The van der Waals surface area contributed by atoms with Crippen LogP contribution in [-0.2, 0) is 9.53 Å². The summed E-state index contributed by atoms with van der Waals surface area (Å²) in [6.45, 7) is 1.95. The molecule has 0 amide bonds. The number of aliphatic hydroxyl groups is 1. The molecule has 3 nitrogen and oxygen atoms in total. The summed E-state index contributed by atoms with van der Waals surface area (Å²) in [7, 11) is 0. The lowest BCUT2D eigenvalue weighted by molar-refractivity contribution is -0.144. The Morgan fingerprint density at radius 1 is 1.50 bits per heavy atom. The van der Waals surface area contributed by atoms with E-state index >= 15 is 0 Å². The third kappa shape index (κ3) is 2.51. The highest BCUT2D eigenvalue weighted by atomic mass is 35.5. The molecule has 0 aromatic heterocycles. The van der Waals surface area contributed by atoms with Gasteiger partial charge in [-0.3, -0.25) is 4.79 Å². The van der Waals surface area contributed by atoms with Crippen LogP contribution in [0.25, 0.3) is 11.1 Å². The minimum atomic E-state index is -1.08. The molecule has 1 heterocycles. The molecule has 0 aromatic carbocycles. The first-order chi connectivity index (χ1) is 8.65. The van der Waals surface area contributed by atoms with Crippen molar-refractivity contribution in [1.82, 2.24) is 0 Å². The van der Waals surface area contributed by atoms with Crippen LogP contribution in [0.4, 0.5) is 0 Å². The number of carbonyl (C=O) groups is 1. The highest BCUT2D eigenvalue weighted by molar-refractivity contribution is 7.07. The Morgan fingerprint density at radius 2 is 2.28 bits per heavy atom. The lowest BCUT2D eigenvalue weighted by Crippen LogP contribution is -2.25. The molecular formula is C13H13ClO3S. The molecule has 2 unspecified atom stereocenters. The predicted molar refractivity (Wildman–Crippen MR) is 72.2 cm³/mol. The zero-order valence-corrected chi connectivity index (χ0v) is 11.4. The SMILES string of the molecule is CCOC(=O)C(Cl)C(O)c1ccc2csccc1-2. The van der Waals surface area contributed by atoms with E-state index in [1.807, 2.05) is 22.9 Å². The first-order valence-corrected chi connectivity index (χ1v) is 6.96. The van der Waals surface area contributed by atoms with Crippen LogP contribution in [0.5, 0.6) is 0 Å². The Morgan fingerprint density at radius 3 is 3.00 bits per heavy atom. The highest BCUT2D eigenvalue weighted by Gasteiger charge is 2.29. The number of hydrogen-bond donors (Lipinski definition) is 1. The summed E-state index contributed by atoms with van der Waals surface area (Å²) in [6.07, 6.45) is -1.06. The summed E-state index contributed by atoms with van der Waals surface area (Å²) >= 11 is 7.50. The number of alkyl halides is 1. The van der Waals surface area contributed by atoms with Gasteiger partial charge in [-0.05, 0) is 40.4 Å². The fourth-order valence-electron chi connectivity index (χ4n) is 1.81. The normalized spacial score (nSPS) is 14.4. The molecule has 0 bridgehead atoms. The number of halogens is 1. The molecule has 0 fully saturated rings. The maximum atomic E-state index is 11.5. The van der Waals surface area contributed by atoms with Crippen molar-refractivity contribution in [3.63, 3.8) is 0 Å². The van der Waals surface area contributed by atoms with Crippen LogP contribution in [0.3, 0.4) is 0 Å². The van der Waals surface area contributed by atoms with Gasteiger partial charge in [-0.1, -0.05) is 12.1 Å². The second-order valence-electron chi connectivity index (χ2n) is 3.81. The Labute approximate surface area is 114 Å². The van der Waals surface area contributed by atoms with Crippen molar-refractivity contribution in [1.29, 1.82) is 0 Å². The molecule has 18 heavy (non-hydrogen) atoms. The summed E-state index contributed by atoms with van der Waals surface area (Å²) in [5, 5.41) is 13.0. The highest BCUT2D eigenvalue weighted by Crippen LogP contribution is 2.35. The first-order valence-electron chi connectivity index (χ1n) is 5.58. The van der Waals surface area contributed by atoms with Crippen molar-refractivity contribution >= 4 is 28.9 Å². The molecule has 0 saturated heterocycles. The minimum Gasteiger partial charge on any atom is -0.465 e. The van der Waals surface area contributed by atoms with Crippen molar-refractivity contribution < 1.29 is 14.6 Å². The fraction of sp³-hybridized carbons (Fsp3) is 0.308. The number of ether oxygens (including phenoxy) is 1. The van der Waals surface area contributed by atoms with Crippen LogP contribution in [0.2, 0.25) is 0 Å². The number of hydrogen-bond acceptors (Lipinski definition) is 4. The summed E-state index contributed by atoms with van der Waals surface area (Å²) in [6, 6.07) is 5.60. The quantitative estimate of drug-likeness (QED) is 0.693. The predicted octanol–water partition coefficient (Wildman–Crippen LogP) is 3.06. The summed E-state index contributed by atoms with van der Waals surface area (Å²) in [5.74, 6) is -0.597. The topological polar surface area (TPSA) is 46.5 Å². The molecule has 2 rings (SSSR count). The van der Waals surface area contributed by atoms with Crippen molar-refractivity contribution in [2.75, 3.05) is 6.61 Å². The molecule has 0 radical (unpaired) electrons. The lowest BCUT2D eigenvalue weighted by atomic mass is 10.0. The van der Waals surface area contributed by atoms with Gasteiger partial charge in [0.15, 0.2) is 5.38 Å². The van der Waals surface area contributed by atoms with Crippen molar-refractivity contribution in [3.05, 3.63) is 34.5 Å². The lowest BCUT2D eigenvalue weighted by Gasteiger charge is -2.16. The molecule has 96 valence electrons. The van der Waals surface area contributed by atoms with E-state index in [2.05, 4.69) is 0 Å². The Kier molecular flexibility index (Phi) is 4.22. The van der Waals surface area contributed by atoms with Gasteiger partial charge >= 0.3 is 5.97 Å². The van der Waals surface area contributed by atoms with Crippen LogP contribution < -0.4 is 0 Å². The van der Waals surface area contributed by atoms with E-state index in [1.54, 1.807) is 24.3 Å². The van der Waals surface area contributed by atoms with Crippen LogP contribution in [0, 0.1) is 0 Å². The zero-order valence-electron chi connectivity index (χ0n) is 9.80. The molecule has 0 saturated carbocycles. The third-order valence-electron chi connectivity index (χ3n) is 2.68.